The third-order valence-electron chi connectivity index (χ3n) is 4.61. The summed E-state index contributed by atoms with van der Waals surface area (Å²) in [6.07, 6.45) is 8.43. The molecule has 1 aliphatic heterocycles. The minimum Gasteiger partial charge on any atom is -0.367 e. The van der Waals surface area contributed by atoms with Gasteiger partial charge in [-0.05, 0) is 31.0 Å². The van der Waals surface area contributed by atoms with Gasteiger partial charge in [0.1, 0.15) is 5.82 Å². The van der Waals surface area contributed by atoms with E-state index in [1.54, 1.807) is 28.0 Å². The van der Waals surface area contributed by atoms with Gasteiger partial charge in [0.25, 0.3) is 5.56 Å². The van der Waals surface area contributed by atoms with Crippen LogP contribution in [0.25, 0.3) is 5.69 Å². The maximum Gasteiger partial charge on any atom is 0.255 e. The van der Waals surface area contributed by atoms with Crippen LogP contribution in [0.3, 0.4) is 0 Å². The molecule has 8 nitrogen and oxygen atoms in total. The summed E-state index contributed by atoms with van der Waals surface area (Å²) in [6, 6.07) is 7.78. The normalized spacial score (nSPS) is 17.5. The molecule has 1 aliphatic carbocycles. The van der Waals surface area contributed by atoms with Crippen molar-refractivity contribution in [1.29, 1.82) is 0 Å². The van der Waals surface area contributed by atoms with Gasteiger partial charge in [-0.15, -0.1) is 10.6 Å². The summed E-state index contributed by atoms with van der Waals surface area (Å²) < 4.78 is 1.58. The summed E-state index contributed by atoms with van der Waals surface area (Å²) in [5.41, 5.74) is 6.84. The van der Waals surface area contributed by atoms with Crippen LogP contribution in [0.4, 0.5) is 5.82 Å². The maximum atomic E-state index is 12.5. The fraction of sp³-hybridized carbons (Fsp3) is 0.353. The van der Waals surface area contributed by atoms with E-state index < -0.39 is 0 Å². The Labute approximate surface area is 145 Å². The molecule has 3 heterocycles. The van der Waals surface area contributed by atoms with E-state index in [2.05, 4.69) is 26.5 Å². The summed E-state index contributed by atoms with van der Waals surface area (Å²) >= 11 is 0. The largest absolute Gasteiger partial charge is 0.367 e. The highest BCUT2D eigenvalue weighted by atomic mass is 16.1. The van der Waals surface area contributed by atoms with Gasteiger partial charge in [0.05, 0.1) is 11.9 Å². The molecular formula is C17H21N7O. The number of hydrazone groups is 1. The van der Waals surface area contributed by atoms with Crippen molar-refractivity contribution < 1.29 is 0 Å². The highest BCUT2D eigenvalue weighted by molar-refractivity contribution is 5.98. The molecule has 0 spiro atoms. The van der Waals surface area contributed by atoms with Gasteiger partial charge < -0.3 is 5.32 Å². The first-order chi connectivity index (χ1) is 12.2. The van der Waals surface area contributed by atoms with Crippen molar-refractivity contribution >= 4 is 11.7 Å². The third-order valence-corrected chi connectivity index (χ3v) is 4.61. The first kappa shape index (κ1) is 15.6. The minimum absolute atomic E-state index is 0.126. The van der Waals surface area contributed by atoms with E-state index in [1.807, 2.05) is 25.2 Å². The Bertz CT molecular complexity index is 837. The standard InChI is InChI=1S/C17H21N7O/c1-23-17(20-21-22-23)12-8-9-24(16(25)10-12)14-6-7-15(18-11-14)19-13-4-2-3-5-13/h6-11,13,21-22H,2-5H2,1H3,(H,18,19). The summed E-state index contributed by atoms with van der Waals surface area (Å²) in [5.74, 6) is 1.53. The number of aromatic nitrogens is 2. The fourth-order valence-corrected chi connectivity index (χ4v) is 3.26. The predicted octanol–water partition coefficient (Wildman–Crippen LogP) is 1.20. The second kappa shape index (κ2) is 6.56. The molecule has 0 atom stereocenters. The number of nitrogens with one attached hydrogen (secondary N) is 3. The van der Waals surface area contributed by atoms with Crippen LogP contribution in [-0.4, -0.2) is 33.5 Å². The molecule has 1 fully saturated rings. The molecule has 130 valence electrons. The molecule has 2 aromatic heterocycles. The van der Waals surface area contributed by atoms with Crippen LogP contribution >= 0.6 is 0 Å². The maximum absolute atomic E-state index is 12.5. The molecule has 1 saturated carbocycles. The van der Waals surface area contributed by atoms with Crippen LogP contribution in [0.1, 0.15) is 31.2 Å². The van der Waals surface area contributed by atoms with E-state index in [0.29, 0.717) is 11.9 Å². The molecule has 0 aromatic carbocycles. The molecule has 8 heteroatoms. The van der Waals surface area contributed by atoms with Crippen LogP contribution in [-0.2, 0) is 0 Å². The van der Waals surface area contributed by atoms with Crippen LogP contribution in [0.2, 0.25) is 0 Å². The number of hydrogen-bond donors (Lipinski definition) is 3. The van der Waals surface area contributed by atoms with Crippen molar-refractivity contribution in [1.82, 2.24) is 25.6 Å². The van der Waals surface area contributed by atoms with Gasteiger partial charge in [-0.3, -0.25) is 14.4 Å². The molecule has 2 aromatic rings. The van der Waals surface area contributed by atoms with Crippen LogP contribution in [0, 0.1) is 0 Å². The Balaban J connectivity index is 1.54. The number of pyridine rings is 2. The first-order valence-electron chi connectivity index (χ1n) is 8.49. The van der Waals surface area contributed by atoms with Gasteiger partial charge in [0, 0.05) is 30.9 Å². The zero-order chi connectivity index (χ0) is 17.2. The third kappa shape index (κ3) is 3.20. The number of hydrogen-bond acceptors (Lipinski definition) is 7. The smallest absolute Gasteiger partial charge is 0.255 e. The van der Waals surface area contributed by atoms with Crippen molar-refractivity contribution in [2.45, 2.75) is 31.7 Å². The van der Waals surface area contributed by atoms with E-state index in [4.69, 9.17) is 0 Å². The fourth-order valence-electron chi connectivity index (χ4n) is 3.26. The lowest BCUT2D eigenvalue weighted by molar-refractivity contribution is 0.349. The van der Waals surface area contributed by atoms with E-state index in [1.165, 1.54) is 25.7 Å². The Morgan fingerprint density at radius 3 is 2.72 bits per heavy atom. The first-order valence-corrected chi connectivity index (χ1v) is 8.49. The van der Waals surface area contributed by atoms with Crippen molar-refractivity contribution in [3.63, 3.8) is 0 Å². The average Bonchev–Trinajstić information content (AvgIpc) is 3.27. The minimum atomic E-state index is -0.126. The van der Waals surface area contributed by atoms with E-state index in [0.717, 1.165) is 17.1 Å². The number of amidine groups is 1. The molecule has 0 radical (unpaired) electrons. The summed E-state index contributed by atoms with van der Waals surface area (Å²) in [5, 5.41) is 9.27. The van der Waals surface area contributed by atoms with Crippen molar-refractivity contribution in [3.8, 4) is 5.69 Å². The molecule has 25 heavy (non-hydrogen) atoms. The summed E-state index contributed by atoms with van der Waals surface area (Å²) in [7, 11) is 1.82. The highest BCUT2D eigenvalue weighted by Gasteiger charge is 2.16. The Hall–Kier alpha value is -2.87. The Morgan fingerprint density at radius 1 is 1.24 bits per heavy atom. The van der Waals surface area contributed by atoms with Crippen molar-refractivity contribution in [2.24, 2.45) is 5.10 Å². The lowest BCUT2D eigenvalue weighted by atomic mass is 10.2. The molecule has 4 rings (SSSR count). The molecule has 3 N–H and O–H groups in total. The lowest BCUT2D eigenvalue weighted by Crippen LogP contribution is -2.38. The number of nitrogens with zero attached hydrogens (tertiary/aromatic N) is 4. The summed E-state index contributed by atoms with van der Waals surface area (Å²) in [6.45, 7) is 0. The van der Waals surface area contributed by atoms with Gasteiger partial charge in [0.15, 0.2) is 5.84 Å². The van der Waals surface area contributed by atoms with Crippen LogP contribution in [0.5, 0.6) is 0 Å². The number of anilines is 1. The van der Waals surface area contributed by atoms with Gasteiger partial charge in [-0.1, -0.05) is 12.8 Å². The van der Waals surface area contributed by atoms with Gasteiger partial charge in [0.2, 0.25) is 0 Å². The zero-order valence-electron chi connectivity index (χ0n) is 14.1. The molecule has 0 amide bonds. The molecule has 2 aliphatic rings. The predicted molar refractivity (Wildman–Crippen MR) is 96.3 cm³/mol. The van der Waals surface area contributed by atoms with Gasteiger partial charge in [-0.2, -0.15) is 0 Å². The monoisotopic (exact) mass is 339 g/mol. The van der Waals surface area contributed by atoms with E-state index in [-0.39, 0.29) is 5.56 Å². The van der Waals surface area contributed by atoms with Crippen molar-refractivity contribution in [3.05, 3.63) is 52.6 Å². The van der Waals surface area contributed by atoms with Crippen molar-refractivity contribution in [2.75, 3.05) is 12.4 Å². The lowest BCUT2D eigenvalue weighted by Gasteiger charge is -2.14. The molecule has 0 unspecified atom stereocenters. The zero-order valence-corrected chi connectivity index (χ0v) is 14.1. The van der Waals surface area contributed by atoms with Crippen LogP contribution in [0.15, 0.2) is 46.6 Å². The number of rotatable bonds is 4. The highest BCUT2D eigenvalue weighted by Crippen LogP contribution is 2.21. The Kier molecular flexibility index (Phi) is 4.10. The second-order valence-corrected chi connectivity index (χ2v) is 6.37. The Morgan fingerprint density at radius 2 is 2.08 bits per heavy atom. The molecule has 0 saturated heterocycles. The van der Waals surface area contributed by atoms with Crippen LogP contribution < -0.4 is 21.9 Å². The average molecular weight is 339 g/mol. The summed E-state index contributed by atoms with van der Waals surface area (Å²) in [4.78, 5) is 16.9. The quantitative estimate of drug-likeness (QED) is 0.776. The second-order valence-electron chi connectivity index (χ2n) is 6.37. The molecular weight excluding hydrogens is 318 g/mol. The topological polar surface area (TPSA) is 86.6 Å². The molecule has 0 bridgehead atoms. The van der Waals surface area contributed by atoms with Gasteiger partial charge in [-0.25, -0.2) is 10.5 Å². The number of hydrazine groups is 2. The van der Waals surface area contributed by atoms with E-state index in [9.17, 15) is 4.79 Å². The van der Waals surface area contributed by atoms with E-state index >= 15 is 0 Å². The van der Waals surface area contributed by atoms with Gasteiger partial charge >= 0.3 is 0 Å². The SMILES string of the molecule is CN1NNN=C1c1ccn(-c2ccc(NC3CCCC3)nc2)c(=O)c1.